The number of benzene rings is 2. The predicted octanol–water partition coefficient (Wildman–Crippen LogP) is 9.74. The SMILES string of the molecule is CCCCCCCCCCCCCCc1sc(NC(=O)c2c(O)c3ccccc3n(CCC)c2=O)nc1-c1ccccc1. The molecule has 0 aliphatic carbocycles. The van der Waals surface area contributed by atoms with Crippen LogP contribution in [0, 0.1) is 0 Å². The monoisotopic (exact) mass is 601 g/mol. The van der Waals surface area contributed by atoms with E-state index in [1.165, 1.54) is 82.0 Å². The summed E-state index contributed by atoms with van der Waals surface area (Å²) in [4.78, 5) is 32.8. The van der Waals surface area contributed by atoms with E-state index in [4.69, 9.17) is 4.98 Å². The molecule has 0 spiro atoms. The summed E-state index contributed by atoms with van der Waals surface area (Å²) in [5, 5.41) is 14.8. The molecule has 43 heavy (non-hydrogen) atoms. The summed E-state index contributed by atoms with van der Waals surface area (Å²) in [6.45, 7) is 4.70. The third-order valence-electron chi connectivity index (χ3n) is 8.04. The molecule has 2 N–H and O–H groups in total. The second kappa shape index (κ2) is 17.0. The molecule has 4 rings (SSSR count). The second-order valence-corrected chi connectivity index (χ2v) is 12.5. The molecule has 0 bridgehead atoms. The second-order valence-electron chi connectivity index (χ2n) is 11.4. The predicted molar refractivity (Wildman–Crippen MR) is 180 cm³/mol. The number of aryl methyl sites for hydroxylation is 2. The van der Waals surface area contributed by atoms with Crippen LogP contribution in [-0.4, -0.2) is 20.6 Å². The minimum Gasteiger partial charge on any atom is -0.506 e. The lowest BCUT2D eigenvalue weighted by atomic mass is 10.0. The minimum absolute atomic E-state index is 0.244. The smallest absolute Gasteiger partial charge is 0.267 e. The van der Waals surface area contributed by atoms with Crippen LogP contribution < -0.4 is 10.9 Å². The van der Waals surface area contributed by atoms with E-state index in [1.807, 2.05) is 43.3 Å². The number of amides is 1. The summed E-state index contributed by atoms with van der Waals surface area (Å²) in [6, 6.07) is 17.2. The van der Waals surface area contributed by atoms with Gasteiger partial charge in [-0.05, 0) is 31.4 Å². The lowest BCUT2D eigenvalue weighted by Crippen LogP contribution is -2.29. The highest BCUT2D eigenvalue weighted by molar-refractivity contribution is 7.16. The number of nitrogens with one attached hydrogen (secondary N) is 1. The molecule has 4 aromatic rings. The highest BCUT2D eigenvalue weighted by atomic mass is 32.1. The number of aromatic nitrogens is 2. The molecule has 0 saturated heterocycles. The van der Waals surface area contributed by atoms with Crippen molar-refractivity contribution >= 4 is 33.3 Å². The van der Waals surface area contributed by atoms with Gasteiger partial charge >= 0.3 is 0 Å². The van der Waals surface area contributed by atoms with Crippen LogP contribution in [0.25, 0.3) is 22.2 Å². The van der Waals surface area contributed by atoms with Gasteiger partial charge in [-0.2, -0.15) is 0 Å². The normalized spacial score (nSPS) is 11.3. The van der Waals surface area contributed by atoms with Crippen LogP contribution in [0.15, 0.2) is 59.4 Å². The quantitative estimate of drug-likeness (QED) is 0.111. The first-order valence-corrected chi connectivity index (χ1v) is 17.1. The standard InChI is InChI=1S/C36H47N3O3S/c1-3-5-6-7-8-9-10-11-12-13-14-18-25-30-32(27-21-16-15-17-22-27)37-36(43-30)38-34(41)31-33(40)28-23-19-20-24-29(28)39(26-4-2)35(31)42/h15-17,19-24,40H,3-14,18,25-26H2,1-2H3,(H,37,38,41). The van der Waals surface area contributed by atoms with Gasteiger partial charge in [0, 0.05) is 22.4 Å². The zero-order valence-electron chi connectivity index (χ0n) is 25.9. The Morgan fingerprint density at radius 2 is 1.42 bits per heavy atom. The van der Waals surface area contributed by atoms with Crippen molar-refractivity contribution in [1.82, 2.24) is 9.55 Å². The van der Waals surface area contributed by atoms with Crippen molar-refractivity contribution in [3.8, 4) is 17.0 Å². The Morgan fingerprint density at radius 1 is 0.814 bits per heavy atom. The van der Waals surface area contributed by atoms with Gasteiger partial charge in [0.25, 0.3) is 11.5 Å². The first-order chi connectivity index (χ1) is 21.0. The average Bonchev–Trinajstić information content (AvgIpc) is 3.42. The molecule has 2 heterocycles. The first kappa shape index (κ1) is 32.5. The topological polar surface area (TPSA) is 84.2 Å². The first-order valence-electron chi connectivity index (χ1n) is 16.3. The van der Waals surface area contributed by atoms with Crippen LogP contribution in [0.3, 0.4) is 0 Å². The molecule has 0 radical (unpaired) electrons. The van der Waals surface area contributed by atoms with Crippen molar-refractivity contribution in [2.75, 3.05) is 5.32 Å². The van der Waals surface area contributed by atoms with E-state index in [2.05, 4.69) is 12.2 Å². The number of carbonyl (C=O) groups is 1. The molecule has 2 aromatic heterocycles. The van der Waals surface area contributed by atoms with Crippen molar-refractivity contribution in [2.45, 2.75) is 110 Å². The van der Waals surface area contributed by atoms with Crippen molar-refractivity contribution < 1.29 is 9.90 Å². The number of para-hydroxylation sites is 1. The van der Waals surface area contributed by atoms with Gasteiger partial charge in [-0.25, -0.2) is 4.98 Å². The van der Waals surface area contributed by atoms with Gasteiger partial charge < -0.3 is 9.67 Å². The number of carbonyl (C=O) groups excluding carboxylic acids is 1. The van der Waals surface area contributed by atoms with Crippen LogP contribution in [0.2, 0.25) is 0 Å². The zero-order chi connectivity index (χ0) is 30.4. The third kappa shape index (κ3) is 8.79. The number of rotatable bonds is 18. The molecule has 0 fully saturated rings. The number of thiazole rings is 1. The maximum Gasteiger partial charge on any atom is 0.267 e. The van der Waals surface area contributed by atoms with Gasteiger partial charge in [0.15, 0.2) is 5.13 Å². The van der Waals surface area contributed by atoms with E-state index in [1.54, 1.807) is 22.8 Å². The molecule has 0 atom stereocenters. The number of pyridine rings is 1. The maximum atomic E-state index is 13.5. The van der Waals surface area contributed by atoms with Gasteiger partial charge in [-0.3, -0.25) is 14.9 Å². The van der Waals surface area contributed by atoms with E-state index in [0.717, 1.165) is 35.4 Å². The molecule has 0 aliphatic rings. The average molecular weight is 602 g/mol. The van der Waals surface area contributed by atoms with Gasteiger partial charge in [-0.1, -0.05) is 127 Å². The zero-order valence-corrected chi connectivity index (χ0v) is 26.7. The number of hydrogen-bond acceptors (Lipinski definition) is 5. The minimum atomic E-state index is -0.636. The van der Waals surface area contributed by atoms with E-state index in [9.17, 15) is 14.7 Å². The largest absolute Gasteiger partial charge is 0.506 e. The van der Waals surface area contributed by atoms with Crippen LogP contribution in [-0.2, 0) is 13.0 Å². The number of hydrogen-bond donors (Lipinski definition) is 2. The highest BCUT2D eigenvalue weighted by Crippen LogP contribution is 2.34. The van der Waals surface area contributed by atoms with Gasteiger partial charge in [0.2, 0.25) is 0 Å². The number of unbranched alkanes of at least 4 members (excludes halogenated alkanes) is 11. The summed E-state index contributed by atoms with van der Waals surface area (Å²) in [7, 11) is 0. The molecular weight excluding hydrogens is 554 g/mol. The molecule has 230 valence electrons. The van der Waals surface area contributed by atoms with Crippen LogP contribution in [0.4, 0.5) is 5.13 Å². The lowest BCUT2D eigenvalue weighted by molar-refractivity contribution is 0.102. The van der Waals surface area contributed by atoms with Crippen LogP contribution in [0.5, 0.6) is 5.75 Å². The van der Waals surface area contributed by atoms with E-state index in [0.29, 0.717) is 22.6 Å². The molecule has 0 saturated carbocycles. The molecule has 2 aromatic carbocycles. The molecular formula is C36H47N3O3S. The molecule has 6 nitrogen and oxygen atoms in total. The lowest BCUT2D eigenvalue weighted by Gasteiger charge is -2.13. The van der Waals surface area contributed by atoms with Crippen molar-refractivity contribution in [1.29, 1.82) is 0 Å². The molecule has 7 heteroatoms. The molecule has 1 amide bonds. The van der Waals surface area contributed by atoms with E-state index >= 15 is 0 Å². The Kier molecular flexibility index (Phi) is 12.8. The summed E-state index contributed by atoms with van der Waals surface area (Å²) in [5.41, 5.74) is 1.76. The fourth-order valence-electron chi connectivity index (χ4n) is 5.72. The maximum absolute atomic E-state index is 13.5. The van der Waals surface area contributed by atoms with Gasteiger partial charge in [0.1, 0.15) is 11.3 Å². The Hall–Kier alpha value is -3.45. The highest BCUT2D eigenvalue weighted by Gasteiger charge is 2.24. The summed E-state index contributed by atoms with van der Waals surface area (Å²) >= 11 is 1.46. The Bertz CT molecular complexity index is 1510. The summed E-state index contributed by atoms with van der Waals surface area (Å²) in [5.74, 6) is -0.926. The van der Waals surface area contributed by atoms with Crippen molar-refractivity contribution in [2.24, 2.45) is 0 Å². The Labute approximate surface area is 260 Å². The van der Waals surface area contributed by atoms with Crippen LogP contribution >= 0.6 is 11.3 Å². The van der Waals surface area contributed by atoms with E-state index in [-0.39, 0.29) is 11.3 Å². The van der Waals surface area contributed by atoms with Crippen molar-refractivity contribution in [3.05, 3.63) is 75.4 Å². The third-order valence-corrected chi connectivity index (χ3v) is 9.07. The molecule has 0 unspecified atom stereocenters. The van der Waals surface area contributed by atoms with Gasteiger partial charge in [0.05, 0.1) is 11.2 Å². The fraction of sp³-hybridized carbons (Fsp3) is 0.472. The van der Waals surface area contributed by atoms with Gasteiger partial charge in [-0.15, -0.1) is 11.3 Å². The van der Waals surface area contributed by atoms with E-state index < -0.39 is 11.5 Å². The fourth-order valence-corrected chi connectivity index (χ4v) is 6.74. The molecule has 0 aliphatic heterocycles. The summed E-state index contributed by atoms with van der Waals surface area (Å²) in [6.07, 6.45) is 17.2. The Balaban J connectivity index is 1.41. The number of aromatic hydroxyl groups is 1. The number of fused-ring (bicyclic) bond motifs is 1. The summed E-state index contributed by atoms with van der Waals surface area (Å²) < 4.78 is 1.57. The van der Waals surface area contributed by atoms with Crippen molar-refractivity contribution in [3.63, 3.8) is 0 Å². The number of anilines is 1. The van der Waals surface area contributed by atoms with Crippen LogP contribution in [0.1, 0.15) is 113 Å². The number of nitrogens with zero attached hydrogens (tertiary/aromatic N) is 2. The Morgan fingerprint density at radius 3 is 2.07 bits per heavy atom.